The third-order valence-electron chi connectivity index (χ3n) is 5.39. The fourth-order valence-corrected chi connectivity index (χ4v) is 3.85. The predicted molar refractivity (Wildman–Crippen MR) is 118 cm³/mol. The minimum Gasteiger partial charge on any atom is -0.507 e. The van der Waals surface area contributed by atoms with Gasteiger partial charge in [0.1, 0.15) is 5.76 Å². The summed E-state index contributed by atoms with van der Waals surface area (Å²) < 4.78 is 10.6. The lowest BCUT2D eigenvalue weighted by atomic mass is 9.95. The number of hydrogen-bond acceptors (Lipinski definition) is 6. The summed E-state index contributed by atoms with van der Waals surface area (Å²) >= 11 is 0. The van der Waals surface area contributed by atoms with E-state index in [1.807, 2.05) is 36.4 Å². The van der Waals surface area contributed by atoms with Gasteiger partial charge in [-0.15, -0.1) is 0 Å². The number of aromatic nitrogens is 1. The average molecular weight is 430 g/mol. The van der Waals surface area contributed by atoms with Crippen molar-refractivity contribution in [2.45, 2.75) is 12.6 Å². The van der Waals surface area contributed by atoms with Gasteiger partial charge < -0.3 is 19.5 Å². The van der Waals surface area contributed by atoms with Crippen LogP contribution in [0.2, 0.25) is 0 Å². The Labute approximate surface area is 185 Å². The quantitative estimate of drug-likeness (QED) is 0.364. The Kier molecular flexibility index (Phi) is 5.89. The highest BCUT2D eigenvalue weighted by molar-refractivity contribution is 6.46. The zero-order valence-electron chi connectivity index (χ0n) is 17.7. The van der Waals surface area contributed by atoms with Crippen LogP contribution in [0.5, 0.6) is 11.5 Å². The normalized spacial score (nSPS) is 17.4. The number of pyridine rings is 1. The summed E-state index contributed by atoms with van der Waals surface area (Å²) in [7, 11) is 3.00. The second-order valence-electron chi connectivity index (χ2n) is 7.27. The molecule has 1 N–H and O–H groups in total. The number of rotatable bonds is 6. The Bertz CT molecular complexity index is 1180. The predicted octanol–water partition coefficient (Wildman–Crippen LogP) is 3.72. The van der Waals surface area contributed by atoms with Gasteiger partial charge in [0, 0.05) is 24.5 Å². The van der Waals surface area contributed by atoms with Crippen LogP contribution in [-0.2, 0) is 16.1 Å². The molecule has 0 radical (unpaired) electrons. The molecule has 4 rings (SSSR count). The number of Topliss-reactive ketones (excluding diaryl/α,β-unsaturated/α-hetero) is 1. The highest BCUT2D eigenvalue weighted by atomic mass is 16.5. The van der Waals surface area contributed by atoms with E-state index in [-0.39, 0.29) is 17.9 Å². The Morgan fingerprint density at radius 1 is 1.00 bits per heavy atom. The number of amides is 1. The van der Waals surface area contributed by atoms with E-state index in [1.165, 1.54) is 19.1 Å². The molecule has 1 amide bonds. The summed E-state index contributed by atoms with van der Waals surface area (Å²) in [6, 6.07) is 16.9. The van der Waals surface area contributed by atoms with E-state index in [1.54, 1.807) is 36.7 Å². The van der Waals surface area contributed by atoms with Gasteiger partial charge in [-0.2, -0.15) is 0 Å². The molecule has 1 saturated heterocycles. The molecule has 3 aromatic rings. The van der Waals surface area contributed by atoms with Crippen LogP contribution in [0.4, 0.5) is 0 Å². The molecule has 2 aromatic carbocycles. The smallest absolute Gasteiger partial charge is 0.295 e. The van der Waals surface area contributed by atoms with E-state index >= 15 is 0 Å². The van der Waals surface area contributed by atoms with Crippen LogP contribution in [0.3, 0.4) is 0 Å². The molecule has 0 saturated carbocycles. The number of aliphatic hydroxyl groups excluding tert-OH is 1. The summed E-state index contributed by atoms with van der Waals surface area (Å²) in [6.45, 7) is 0.181. The Morgan fingerprint density at radius 2 is 1.75 bits per heavy atom. The third kappa shape index (κ3) is 3.80. The van der Waals surface area contributed by atoms with Crippen LogP contribution in [0.15, 0.2) is 78.6 Å². The van der Waals surface area contributed by atoms with Crippen LogP contribution >= 0.6 is 0 Å². The molecular formula is C25H22N2O5. The third-order valence-corrected chi connectivity index (χ3v) is 5.39. The first kappa shape index (κ1) is 21.1. The number of hydrogen-bond donors (Lipinski definition) is 1. The van der Waals surface area contributed by atoms with Gasteiger partial charge in [-0.1, -0.05) is 36.4 Å². The van der Waals surface area contributed by atoms with Gasteiger partial charge in [0.15, 0.2) is 11.5 Å². The van der Waals surface area contributed by atoms with Crippen molar-refractivity contribution in [2.75, 3.05) is 14.2 Å². The van der Waals surface area contributed by atoms with E-state index in [2.05, 4.69) is 4.98 Å². The van der Waals surface area contributed by atoms with E-state index in [4.69, 9.17) is 9.47 Å². The average Bonchev–Trinajstić information content (AvgIpc) is 3.09. The number of aliphatic hydroxyl groups is 1. The number of ketones is 1. The molecule has 0 spiro atoms. The number of likely N-dealkylation sites (tertiary alicyclic amines) is 1. The molecule has 7 nitrogen and oxygen atoms in total. The van der Waals surface area contributed by atoms with Crippen molar-refractivity contribution in [1.82, 2.24) is 9.88 Å². The van der Waals surface area contributed by atoms with Crippen LogP contribution < -0.4 is 9.47 Å². The zero-order valence-corrected chi connectivity index (χ0v) is 17.7. The molecule has 7 heteroatoms. The zero-order chi connectivity index (χ0) is 22.7. The fourth-order valence-electron chi connectivity index (χ4n) is 3.85. The van der Waals surface area contributed by atoms with Crippen molar-refractivity contribution < 1.29 is 24.2 Å². The summed E-state index contributed by atoms with van der Waals surface area (Å²) in [4.78, 5) is 31.7. The minimum atomic E-state index is -0.746. The lowest BCUT2D eigenvalue weighted by molar-refractivity contribution is -0.140. The number of ether oxygens (including phenoxy) is 2. The number of benzene rings is 2. The van der Waals surface area contributed by atoms with E-state index in [0.29, 0.717) is 17.1 Å². The van der Waals surface area contributed by atoms with Gasteiger partial charge in [-0.05, 0) is 35.4 Å². The number of nitrogens with zero attached hydrogens (tertiary/aromatic N) is 2. The highest BCUT2D eigenvalue weighted by Gasteiger charge is 2.46. The van der Waals surface area contributed by atoms with Crippen LogP contribution in [0.25, 0.3) is 5.76 Å². The van der Waals surface area contributed by atoms with Gasteiger partial charge in [-0.3, -0.25) is 14.6 Å². The van der Waals surface area contributed by atoms with Crippen LogP contribution in [0.1, 0.15) is 22.7 Å². The lowest BCUT2D eigenvalue weighted by Gasteiger charge is -2.25. The van der Waals surface area contributed by atoms with E-state index < -0.39 is 17.7 Å². The molecule has 1 atom stereocenters. The molecule has 1 fully saturated rings. The first-order valence-corrected chi connectivity index (χ1v) is 9.99. The maximum atomic E-state index is 13.1. The minimum absolute atomic E-state index is 0.0253. The molecule has 0 aliphatic carbocycles. The molecule has 0 unspecified atom stereocenters. The first-order valence-electron chi connectivity index (χ1n) is 9.99. The second kappa shape index (κ2) is 8.93. The van der Waals surface area contributed by atoms with E-state index in [9.17, 15) is 14.7 Å². The van der Waals surface area contributed by atoms with Crippen molar-refractivity contribution in [1.29, 1.82) is 0 Å². The van der Waals surface area contributed by atoms with E-state index in [0.717, 1.165) is 11.1 Å². The van der Waals surface area contributed by atoms with Crippen molar-refractivity contribution in [2.24, 2.45) is 0 Å². The second-order valence-corrected chi connectivity index (χ2v) is 7.27. The lowest BCUT2D eigenvalue weighted by Crippen LogP contribution is -2.29. The number of carbonyl (C=O) groups is 2. The SMILES string of the molecule is COc1ccc(C(O)=C2C(=O)C(=O)N(Cc3cccnc3)[C@H]2c2ccccc2)cc1OC. The summed E-state index contributed by atoms with van der Waals surface area (Å²) in [5, 5.41) is 11.2. The largest absolute Gasteiger partial charge is 0.507 e. The van der Waals surface area contributed by atoms with Gasteiger partial charge in [0.25, 0.3) is 11.7 Å². The van der Waals surface area contributed by atoms with Crippen LogP contribution in [-0.4, -0.2) is 40.9 Å². The highest BCUT2D eigenvalue weighted by Crippen LogP contribution is 2.41. The number of carbonyl (C=O) groups excluding carboxylic acids is 2. The molecule has 0 bridgehead atoms. The molecule has 32 heavy (non-hydrogen) atoms. The number of methoxy groups -OCH3 is 2. The van der Waals surface area contributed by atoms with Gasteiger partial charge >= 0.3 is 0 Å². The van der Waals surface area contributed by atoms with Crippen molar-refractivity contribution in [3.05, 3.63) is 95.3 Å². The van der Waals surface area contributed by atoms with Crippen molar-refractivity contribution in [3.63, 3.8) is 0 Å². The topological polar surface area (TPSA) is 89.0 Å². The fraction of sp³-hybridized carbons (Fsp3) is 0.160. The first-order chi connectivity index (χ1) is 15.5. The maximum absolute atomic E-state index is 13.1. The summed E-state index contributed by atoms with van der Waals surface area (Å²) in [5.74, 6) is -0.801. The summed E-state index contributed by atoms with van der Waals surface area (Å²) in [6.07, 6.45) is 3.29. The maximum Gasteiger partial charge on any atom is 0.295 e. The van der Waals surface area contributed by atoms with Crippen molar-refractivity contribution >= 4 is 17.4 Å². The molecule has 162 valence electrons. The van der Waals surface area contributed by atoms with Crippen LogP contribution in [0, 0.1) is 0 Å². The Balaban J connectivity index is 1.85. The molecular weight excluding hydrogens is 408 g/mol. The molecule has 1 aromatic heterocycles. The summed E-state index contributed by atoms with van der Waals surface area (Å²) in [5.41, 5.74) is 1.87. The Morgan fingerprint density at radius 3 is 2.41 bits per heavy atom. The monoisotopic (exact) mass is 430 g/mol. The molecule has 1 aliphatic rings. The van der Waals surface area contributed by atoms with Crippen molar-refractivity contribution in [3.8, 4) is 11.5 Å². The van der Waals surface area contributed by atoms with Gasteiger partial charge in [0.05, 0.1) is 25.8 Å². The Hall–Kier alpha value is -4.13. The van der Waals surface area contributed by atoms with Gasteiger partial charge in [0.2, 0.25) is 0 Å². The van der Waals surface area contributed by atoms with Gasteiger partial charge in [-0.25, -0.2) is 0 Å². The standard InChI is InChI=1S/C25H22N2O5/c1-31-19-11-10-18(13-20(19)32-2)23(28)21-22(17-8-4-3-5-9-17)27(25(30)24(21)29)15-16-7-6-12-26-14-16/h3-14,22,28H,15H2,1-2H3/t22-/m0/s1. The molecule has 1 aliphatic heterocycles. The molecule has 2 heterocycles.